The number of aldehydes is 1. The van der Waals surface area contributed by atoms with Gasteiger partial charge in [-0.05, 0) is 44.1 Å². The van der Waals surface area contributed by atoms with Crippen LogP contribution in [0.2, 0.25) is 0 Å². The first-order valence-electron chi connectivity index (χ1n) is 5.73. The maximum Gasteiger partial charge on any atom is 0.330 e. The number of allylic oxidation sites excluding steroid dienone is 3. The predicted octanol–water partition coefficient (Wildman–Crippen LogP) is 2.28. The zero-order valence-corrected chi connectivity index (χ0v) is 9.59. The Morgan fingerprint density at radius 1 is 1.31 bits per heavy atom. The molecule has 2 atom stereocenters. The van der Waals surface area contributed by atoms with Gasteiger partial charge in [-0.1, -0.05) is 12.2 Å². The summed E-state index contributed by atoms with van der Waals surface area (Å²) in [5, 5.41) is 0. The third-order valence-electron chi connectivity index (χ3n) is 2.77. The predicted molar refractivity (Wildman–Crippen MR) is 61.8 cm³/mol. The minimum absolute atomic E-state index is 0.269. The van der Waals surface area contributed by atoms with Gasteiger partial charge in [0.25, 0.3) is 0 Å². The van der Waals surface area contributed by atoms with Crippen molar-refractivity contribution in [3.05, 3.63) is 24.3 Å². The lowest BCUT2D eigenvalue weighted by Crippen LogP contribution is -2.00. The largest absolute Gasteiger partial charge is 0.463 e. The first-order valence-corrected chi connectivity index (χ1v) is 5.73. The fourth-order valence-electron chi connectivity index (χ4n) is 2.01. The molecule has 1 rings (SSSR count). The number of carbonyl (C=O) groups excluding carboxylic acids is 2. The van der Waals surface area contributed by atoms with Crippen LogP contribution in [-0.2, 0) is 14.3 Å². The van der Waals surface area contributed by atoms with E-state index in [-0.39, 0.29) is 5.97 Å². The van der Waals surface area contributed by atoms with Crippen molar-refractivity contribution in [2.24, 2.45) is 11.8 Å². The Morgan fingerprint density at radius 3 is 2.62 bits per heavy atom. The van der Waals surface area contributed by atoms with E-state index in [2.05, 4.69) is 0 Å². The van der Waals surface area contributed by atoms with E-state index in [1.807, 2.05) is 12.2 Å². The topological polar surface area (TPSA) is 43.4 Å². The zero-order valence-electron chi connectivity index (χ0n) is 9.59. The molecule has 1 fully saturated rings. The molecule has 0 N–H and O–H groups in total. The lowest BCUT2D eigenvalue weighted by Gasteiger charge is -2.02. The molecular formula is C13H18O3. The molecule has 1 saturated carbocycles. The number of esters is 1. The fourth-order valence-corrected chi connectivity index (χ4v) is 2.01. The lowest BCUT2D eigenvalue weighted by molar-refractivity contribution is -0.137. The van der Waals surface area contributed by atoms with Crippen molar-refractivity contribution in [1.29, 1.82) is 0 Å². The molecule has 0 amide bonds. The summed E-state index contributed by atoms with van der Waals surface area (Å²) in [7, 11) is 0. The van der Waals surface area contributed by atoms with Crippen molar-refractivity contribution in [2.75, 3.05) is 6.61 Å². The van der Waals surface area contributed by atoms with Crippen molar-refractivity contribution in [3.8, 4) is 0 Å². The van der Waals surface area contributed by atoms with Crippen molar-refractivity contribution in [2.45, 2.75) is 26.2 Å². The Hall–Kier alpha value is -1.38. The maximum atomic E-state index is 11.1. The quantitative estimate of drug-likeness (QED) is 0.407. The lowest BCUT2D eigenvalue weighted by atomic mass is 10.0. The molecule has 0 spiro atoms. The van der Waals surface area contributed by atoms with E-state index in [0.29, 0.717) is 18.4 Å². The van der Waals surface area contributed by atoms with Crippen molar-refractivity contribution < 1.29 is 14.3 Å². The van der Waals surface area contributed by atoms with Gasteiger partial charge in [0.15, 0.2) is 0 Å². The Balaban J connectivity index is 2.33. The van der Waals surface area contributed by atoms with E-state index >= 15 is 0 Å². The van der Waals surface area contributed by atoms with Crippen molar-refractivity contribution in [1.82, 2.24) is 0 Å². The minimum atomic E-state index is -0.269. The highest BCUT2D eigenvalue weighted by Crippen LogP contribution is 2.32. The maximum absolute atomic E-state index is 11.1. The smallest absolute Gasteiger partial charge is 0.330 e. The average Bonchev–Trinajstić information content (AvgIpc) is 2.72. The molecule has 88 valence electrons. The Morgan fingerprint density at radius 2 is 2.00 bits per heavy atom. The van der Waals surface area contributed by atoms with E-state index in [1.54, 1.807) is 13.0 Å². The van der Waals surface area contributed by atoms with Gasteiger partial charge in [0.05, 0.1) is 6.61 Å². The summed E-state index contributed by atoms with van der Waals surface area (Å²) < 4.78 is 4.81. The van der Waals surface area contributed by atoms with Gasteiger partial charge < -0.3 is 4.74 Å². The highest BCUT2D eigenvalue weighted by molar-refractivity contribution is 5.81. The van der Waals surface area contributed by atoms with Crippen LogP contribution in [-0.4, -0.2) is 18.9 Å². The second-order valence-electron chi connectivity index (χ2n) is 3.97. The number of carbonyl (C=O) groups is 2. The molecule has 0 radical (unpaired) electrons. The first kappa shape index (κ1) is 12.7. The molecule has 0 bridgehead atoms. The van der Waals surface area contributed by atoms with Crippen LogP contribution in [0.3, 0.4) is 0 Å². The molecule has 1 aliphatic rings. The molecule has 3 nitrogen and oxygen atoms in total. The molecule has 0 unspecified atom stereocenters. The highest BCUT2D eigenvalue weighted by atomic mass is 16.5. The van der Waals surface area contributed by atoms with Crippen LogP contribution in [0.15, 0.2) is 24.3 Å². The average molecular weight is 222 g/mol. The van der Waals surface area contributed by atoms with Crippen LogP contribution in [0.1, 0.15) is 26.2 Å². The monoisotopic (exact) mass is 222 g/mol. The molecule has 0 heterocycles. The summed E-state index contributed by atoms with van der Waals surface area (Å²) in [6, 6.07) is 0. The molecule has 0 aromatic heterocycles. The zero-order chi connectivity index (χ0) is 11.8. The Bertz CT molecular complexity index is 292. The Labute approximate surface area is 96.2 Å². The third-order valence-corrected chi connectivity index (χ3v) is 2.77. The van der Waals surface area contributed by atoms with Gasteiger partial charge in [0.1, 0.15) is 6.29 Å². The molecule has 16 heavy (non-hydrogen) atoms. The SMILES string of the molecule is CCOC(=O)/C=C/[C@H]1CC[C@@H](/C=C/C=O)C1. The number of hydrogen-bond acceptors (Lipinski definition) is 3. The standard InChI is InChI=1S/C13H18O3/c1-2-16-13(15)8-7-12-6-5-11(10-12)4-3-9-14/h3-4,7-9,11-12H,2,5-6,10H2,1H3/b4-3+,8-7+/t11-,12-/m1/s1. The summed E-state index contributed by atoms with van der Waals surface area (Å²) in [5.74, 6) is 0.641. The van der Waals surface area contributed by atoms with Gasteiger partial charge in [-0.15, -0.1) is 0 Å². The summed E-state index contributed by atoms with van der Waals surface area (Å²) in [4.78, 5) is 21.3. The summed E-state index contributed by atoms with van der Waals surface area (Å²) >= 11 is 0. The number of ether oxygens (including phenoxy) is 1. The van der Waals surface area contributed by atoms with Gasteiger partial charge in [-0.25, -0.2) is 4.79 Å². The number of rotatable bonds is 5. The number of hydrogen-bond donors (Lipinski definition) is 0. The van der Waals surface area contributed by atoms with Gasteiger partial charge in [-0.2, -0.15) is 0 Å². The highest BCUT2D eigenvalue weighted by Gasteiger charge is 2.20. The third kappa shape index (κ3) is 4.43. The summed E-state index contributed by atoms with van der Waals surface area (Å²) in [5.41, 5.74) is 0. The normalized spacial score (nSPS) is 25.3. The molecule has 3 heteroatoms. The Kier molecular flexibility index (Phi) is 5.54. The van der Waals surface area contributed by atoms with Crippen LogP contribution >= 0.6 is 0 Å². The van der Waals surface area contributed by atoms with Gasteiger partial charge in [0.2, 0.25) is 0 Å². The summed E-state index contributed by atoms with van der Waals surface area (Å²) in [6.07, 6.45) is 10.9. The minimum Gasteiger partial charge on any atom is -0.463 e. The van der Waals surface area contributed by atoms with E-state index in [4.69, 9.17) is 4.74 Å². The van der Waals surface area contributed by atoms with Crippen LogP contribution in [0.4, 0.5) is 0 Å². The first-order chi connectivity index (χ1) is 7.76. The van der Waals surface area contributed by atoms with E-state index in [9.17, 15) is 9.59 Å². The summed E-state index contributed by atoms with van der Waals surface area (Å²) in [6.45, 7) is 2.21. The van der Waals surface area contributed by atoms with Gasteiger partial charge >= 0.3 is 5.97 Å². The van der Waals surface area contributed by atoms with Gasteiger partial charge in [0, 0.05) is 6.08 Å². The van der Waals surface area contributed by atoms with Crippen LogP contribution in [0.25, 0.3) is 0 Å². The van der Waals surface area contributed by atoms with Crippen molar-refractivity contribution >= 4 is 12.3 Å². The second-order valence-corrected chi connectivity index (χ2v) is 3.97. The van der Waals surface area contributed by atoms with E-state index in [1.165, 1.54) is 6.08 Å². The van der Waals surface area contributed by atoms with Crippen molar-refractivity contribution in [3.63, 3.8) is 0 Å². The molecule has 0 saturated heterocycles. The molecular weight excluding hydrogens is 204 g/mol. The molecule has 0 aromatic rings. The van der Waals surface area contributed by atoms with Gasteiger partial charge in [-0.3, -0.25) is 4.79 Å². The van der Waals surface area contributed by atoms with Crippen LogP contribution in [0, 0.1) is 11.8 Å². The van der Waals surface area contributed by atoms with Crippen LogP contribution < -0.4 is 0 Å². The fraction of sp³-hybridized carbons (Fsp3) is 0.538. The molecule has 0 aliphatic heterocycles. The van der Waals surface area contributed by atoms with E-state index < -0.39 is 0 Å². The van der Waals surface area contributed by atoms with E-state index in [0.717, 1.165) is 25.5 Å². The second kappa shape index (κ2) is 6.99. The molecule has 0 aromatic carbocycles. The van der Waals surface area contributed by atoms with Crippen LogP contribution in [0.5, 0.6) is 0 Å². The molecule has 1 aliphatic carbocycles.